The Morgan fingerprint density at radius 2 is 2.07 bits per heavy atom. The van der Waals surface area contributed by atoms with E-state index in [4.69, 9.17) is 11.5 Å². The number of aromatic nitrogens is 3. The van der Waals surface area contributed by atoms with Crippen molar-refractivity contribution in [3.63, 3.8) is 0 Å². The van der Waals surface area contributed by atoms with Crippen LogP contribution in [0.4, 0.5) is 16.4 Å². The Hall–Kier alpha value is -3.36. The van der Waals surface area contributed by atoms with Crippen molar-refractivity contribution in [2.45, 2.75) is 19.4 Å². The van der Waals surface area contributed by atoms with E-state index in [9.17, 15) is 9.59 Å². The second-order valence-electron chi connectivity index (χ2n) is 6.79. The highest BCUT2D eigenvalue weighted by Crippen LogP contribution is 2.39. The van der Waals surface area contributed by atoms with Crippen LogP contribution in [0.1, 0.15) is 11.3 Å². The summed E-state index contributed by atoms with van der Waals surface area (Å²) < 4.78 is 1.74. The lowest BCUT2D eigenvalue weighted by molar-refractivity contribution is -0.126. The van der Waals surface area contributed by atoms with Gasteiger partial charge in [0.15, 0.2) is 5.82 Å². The molecule has 2 atom stereocenters. The molecule has 3 heterocycles. The Bertz CT molecular complexity index is 900. The molecule has 0 aliphatic carbocycles. The van der Waals surface area contributed by atoms with Gasteiger partial charge in [-0.2, -0.15) is 0 Å². The Kier molecular flexibility index (Phi) is 4.61. The number of nitrogens with two attached hydrogens (primary N) is 2. The van der Waals surface area contributed by atoms with Gasteiger partial charge in [0.2, 0.25) is 0 Å². The van der Waals surface area contributed by atoms with Crippen molar-refractivity contribution in [1.82, 2.24) is 19.4 Å². The molecule has 0 radical (unpaired) electrons. The molecule has 9 nitrogen and oxygen atoms in total. The summed E-state index contributed by atoms with van der Waals surface area (Å²) in [6.45, 7) is 5.79. The molecule has 2 aromatic rings. The highest BCUT2D eigenvalue weighted by atomic mass is 16.2. The first kappa shape index (κ1) is 18.4. The molecule has 142 valence electrons. The maximum Gasteiger partial charge on any atom is 0.319 e. The molecule has 1 aliphatic heterocycles. The predicted molar refractivity (Wildman–Crippen MR) is 102 cm³/mol. The standard InChI is InChI=1S/C18H23N7O2/c1-10-5-12(7-14(19)22-10)6-13-11(2)25(18(20)27)16(13)17(26)24(4)15-8-23(3)9-21-15/h5,7-9,13,16H,2,6H2,1,3-4H3,(H2,19,22)(H2,20,27)/t13-,16-/m0/s1. The smallest absolute Gasteiger partial charge is 0.319 e. The molecule has 3 rings (SSSR count). The molecule has 0 bridgehead atoms. The molecule has 1 fully saturated rings. The van der Waals surface area contributed by atoms with Gasteiger partial charge in [0.25, 0.3) is 5.91 Å². The number of imidazole rings is 1. The Labute approximate surface area is 157 Å². The topological polar surface area (TPSA) is 123 Å². The lowest BCUT2D eigenvalue weighted by atomic mass is 9.79. The quantitative estimate of drug-likeness (QED) is 0.825. The van der Waals surface area contributed by atoms with Crippen LogP contribution in [0.25, 0.3) is 0 Å². The summed E-state index contributed by atoms with van der Waals surface area (Å²) in [4.78, 5) is 35.9. The SMILES string of the molecule is C=C1[C@H](Cc2cc(C)nc(N)c2)[C@@H](C(=O)N(C)c2cn(C)cn2)N1C(N)=O. The van der Waals surface area contributed by atoms with Crippen LogP contribution >= 0.6 is 0 Å². The summed E-state index contributed by atoms with van der Waals surface area (Å²) in [5.41, 5.74) is 13.5. The van der Waals surface area contributed by atoms with Crippen LogP contribution in [0.15, 0.2) is 36.9 Å². The number of hydrogen-bond donors (Lipinski definition) is 2. The van der Waals surface area contributed by atoms with Gasteiger partial charge in [0.05, 0.1) is 6.33 Å². The normalized spacial score (nSPS) is 18.9. The number of likely N-dealkylation sites (tertiary alicyclic amines) is 1. The molecule has 27 heavy (non-hydrogen) atoms. The zero-order chi connectivity index (χ0) is 19.9. The first-order valence-electron chi connectivity index (χ1n) is 8.45. The molecule has 0 spiro atoms. The van der Waals surface area contributed by atoms with Gasteiger partial charge in [-0.25, -0.2) is 14.8 Å². The Morgan fingerprint density at radius 1 is 1.37 bits per heavy atom. The Balaban J connectivity index is 1.87. The van der Waals surface area contributed by atoms with E-state index in [1.165, 1.54) is 9.80 Å². The van der Waals surface area contributed by atoms with E-state index >= 15 is 0 Å². The van der Waals surface area contributed by atoms with E-state index < -0.39 is 12.1 Å². The third-order valence-electron chi connectivity index (χ3n) is 4.74. The number of urea groups is 1. The number of rotatable bonds is 4. The predicted octanol–water partition coefficient (Wildman–Crippen LogP) is 0.804. The minimum Gasteiger partial charge on any atom is -0.384 e. The maximum atomic E-state index is 13.1. The number of carbonyl (C=O) groups excluding carboxylic acids is 2. The van der Waals surface area contributed by atoms with E-state index in [0.29, 0.717) is 23.8 Å². The molecule has 3 amide bonds. The molecule has 1 aliphatic rings. The van der Waals surface area contributed by atoms with E-state index in [2.05, 4.69) is 16.5 Å². The number of primary amides is 1. The van der Waals surface area contributed by atoms with Gasteiger partial charge in [-0.05, 0) is 31.0 Å². The summed E-state index contributed by atoms with van der Waals surface area (Å²) >= 11 is 0. The number of carbonyl (C=O) groups is 2. The van der Waals surface area contributed by atoms with Crippen LogP contribution in [0.5, 0.6) is 0 Å². The minimum atomic E-state index is -0.739. The third kappa shape index (κ3) is 3.35. The highest BCUT2D eigenvalue weighted by molar-refractivity contribution is 6.00. The fraction of sp³-hybridized carbons (Fsp3) is 0.333. The van der Waals surface area contributed by atoms with Crippen LogP contribution < -0.4 is 16.4 Å². The van der Waals surface area contributed by atoms with E-state index in [0.717, 1.165) is 11.3 Å². The fourth-order valence-corrected chi connectivity index (χ4v) is 3.45. The number of hydrogen-bond acceptors (Lipinski definition) is 5. The van der Waals surface area contributed by atoms with Gasteiger partial charge in [0, 0.05) is 37.6 Å². The lowest BCUT2D eigenvalue weighted by Gasteiger charge is -2.48. The number of likely N-dealkylation sites (N-methyl/N-ethyl adjacent to an activating group) is 1. The average Bonchev–Trinajstić information content (AvgIpc) is 3.01. The van der Waals surface area contributed by atoms with Gasteiger partial charge in [-0.1, -0.05) is 6.58 Å². The van der Waals surface area contributed by atoms with E-state index in [1.807, 2.05) is 20.0 Å². The minimum absolute atomic E-state index is 0.266. The van der Waals surface area contributed by atoms with Gasteiger partial charge >= 0.3 is 6.03 Å². The molecule has 9 heteroatoms. The molecule has 0 aromatic carbocycles. The molecule has 2 aromatic heterocycles. The number of nitrogens with zero attached hydrogens (tertiary/aromatic N) is 5. The largest absolute Gasteiger partial charge is 0.384 e. The van der Waals surface area contributed by atoms with Crippen molar-refractivity contribution >= 4 is 23.6 Å². The number of amides is 3. The van der Waals surface area contributed by atoms with Gasteiger partial charge in [-0.3, -0.25) is 14.6 Å². The number of anilines is 2. The van der Waals surface area contributed by atoms with Crippen molar-refractivity contribution in [3.05, 3.63) is 48.2 Å². The number of pyridine rings is 1. The summed E-state index contributed by atoms with van der Waals surface area (Å²) in [7, 11) is 3.44. The van der Waals surface area contributed by atoms with Crippen LogP contribution in [-0.2, 0) is 18.3 Å². The fourth-order valence-electron chi connectivity index (χ4n) is 3.45. The van der Waals surface area contributed by atoms with E-state index in [-0.39, 0.29) is 11.8 Å². The second kappa shape index (κ2) is 6.75. The Morgan fingerprint density at radius 3 is 2.63 bits per heavy atom. The van der Waals surface area contributed by atoms with Gasteiger partial charge in [0.1, 0.15) is 11.9 Å². The summed E-state index contributed by atoms with van der Waals surface area (Å²) in [6, 6.07) is 2.23. The highest BCUT2D eigenvalue weighted by Gasteiger charge is 2.50. The molecular weight excluding hydrogens is 346 g/mol. The van der Waals surface area contributed by atoms with Crippen LogP contribution in [-0.4, -0.2) is 44.5 Å². The first-order chi connectivity index (χ1) is 12.7. The monoisotopic (exact) mass is 369 g/mol. The summed E-state index contributed by atoms with van der Waals surface area (Å²) in [5, 5.41) is 0. The van der Waals surface area contributed by atoms with Crippen molar-refractivity contribution in [2.75, 3.05) is 17.7 Å². The molecular formula is C18H23N7O2. The zero-order valence-electron chi connectivity index (χ0n) is 15.6. The van der Waals surface area contributed by atoms with Crippen LogP contribution in [0.3, 0.4) is 0 Å². The van der Waals surface area contributed by atoms with Crippen molar-refractivity contribution in [2.24, 2.45) is 18.7 Å². The summed E-state index contributed by atoms with van der Waals surface area (Å²) in [5.74, 6) is 0.364. The van der Waals surface area contributed by atoms with Crippen LogP contribution in [0, 0.1) is 12.8 Å². The molecule has 4 N–H and O–H groups in total. The van der Waals surface area contributed by atoms with Crippen molar-refractivity contribution < 1.29 is 9.59 Å². The average molecular weight is 369 g/mol. The number of aryl methyl sites for hydroxylation is 2. The lowest BCUT2D eigenvalue weighted by Crippen LogP contribution is -2.64. The first-order valence-corrected chi connectivity index (χ1v) is 8.45. The molecule has 0 saturated carbocycles. The van der Waals surface area contributed by atoms with E-state index in [1.54, 1.807) is 30.2 Å². The second-order valence-corrected chi connectivity index (χ2v) is 6.79. The number of nitrogen functional groups attached to an aromatic ring is 1. The maximum absolute atomic E-state index is 13.1. The summed E-state index contributed by atoms with van der Waals surface area (Å²) in [6.07, 6.45) is 3.83. The third-order valence-corrected chi connectivity index (χ3v) is 4.74. The van der Waals surface area contributed by atoms with Gasteiger partial charge < -0.3 is 16.0 Å². The van der Waals surface area contributed by atoms with Crippen LogP contribution in [0.2, 0.25) is 0 Å². The molecule has 1 saturated heterocycles. The van der Waals surface area contributed by atoms with Crippen molar-refractivity contribution in [1.29, 1.82) is 0 Å². The molecule has 0 unspecified atom stereocenters. The van der Waals surface area contributed by atoms with Crippen molar-refractivity contribution in [3.8, 4) is 0 Å². The zero-order valence-corrected chi connectivity index (χ0v) is 15.6. The van der Waals surface area contributed by atoms with Gasteiger partial charge in [-0.15, -0.1) is 0 Å².